The molecule has 1 unspecified atom stereocenters. The van der Waals surface area contributed by atoms with Crippen molar-refractivity contribution in [3.63, 3.8) is 0 Å². The molecule has 0 amide bonds. The quantitative estimate of drug-likeness (QED) is 0.786. The number of sulfonamides is 1. The Labute approximate surface area is 119 Å². The van der Waals surface area contributed by atoms with Crippen molar-refractivity contribution in [2.75, 3.05) is 26.4 Å². The lowest BCUT2D eigenvalue weighted by atomic mass is 10.1. The SMILES string of the molecule is O=S(=O)(NCC1CCOC1)c1ccccc1C#CCO. The molecule has 1 aromatic carbocycles. The fraction of sp³-hybridized carbons (Fsp3) is 0.429. The van der Waals surface area contributed by atoms with E-state index in [9.17, 15) is 8.42 Å². The highest BCUT2D eigenvalue weighted by Gasteiger charge is 2.21. The molecule has 0 aliphatic carbocycles. The Morgan fingerprint density at radius 2 is 2.20 bits per heavy atom. The Balaban J connectivity index is 2.16. The van der Waals surface area contributed by atoms with Crippen molar-refractivity contribution < 1.29 is 18.3 Å². The first kappa shape index (κ1) is 15.0. The van der Waals surface area contributed by atoms with Gasteiger partial charge in [-0.25, -0.2) is 13.1 Å². The van der Waals surface area contributed by atoms with Crippen LogP contribution in [0.5, 0.6) is 0 Å². The van der Waals surface area contributed by atoms with Crippen LogP contribution in [0, 0.1) is 17.8 Å². The summed E-state index contributed by atoms with van der Waals surface area (Å²) in [5.41, 5.74) is 0.386. The van der Waals surface area contributed by atoms with Crippen LogP contribution in [0.15, 0.2) is 29.2 Å². The minimum Gasteiger partial charge on any atom is -0.384 e. The molecule has 0 aromatic heterocycles. The molecule has 0 saturated carbocycles. The molecule has 108 valence electrons. The monoisotopic (exact) mass is 295 g/mol. The number of hydrogen-bond acceptors (Lipinski definition) is 4. The Hall–Kier alpha value is -1.39. The minimum atomic E-state index is -3.60. The van der Waals surface area contributed by atoms with Crippen molar-refractivity contribution in [3.8, 4) is 11.8 Å². The largest absolute Gasteiger partial charge is 0.384 e. The Bertz CT molecular complexity index is 610. The van der Waals surface area contributed by atoms with E-state index in [2.05, 4.69) is 16.6 Å². The lowest BCUT2D eigenvalue weighted by Gasteiger charge is -2.11. The highest BCUT2D eigenvalue weighted by molar-refractivity contribution is 7.89. The predicted molar refractivity (Wildman–Crippen MR) is 74.5 cm³/mol. The summed E-state index contributed by atoms with van der Waals surface area (Å²) in [4.78, 5) is 0.139. The lowest BCUT2D eigenvalue weighted by Crippen LogP contribution is -2.30. The van der Waals surface area contributed by atoms with E-state index in [4.69, 9.17) is 9.84 Å². The molecular formula is C14H17NO4S. The van der Waals surface area contributed by atoms with Gasteiger partial charge in [-0.3, -0.25) is 0 Å². The summed E-state index contributed by atoms with van der Waals surface area (Å²) in [5.74, 6) is 5.34. The van der Waals surface area contributed by atoms with Crippen LogP contribution in [-0.4, -0.2) is 39.9 Å². The Morgan fingerprint density at radius 3 is 2.90 bits per heavy atom. The summed E-state index contributed by atoms with van der Waals surface area (Å²) in [7, 11) is -3.60. The van der Waals surface area contributed by atoms with Crippen LogP contribution in [0.2, 0.25) is 0 Å². The normalized spacial score (nSPS) is 18.6. The summed E-state index contributed by atoms with van der Waals surface area (Å²) >= 11 is 0. The number of hydrogen-bond donors (Lipinski definition) is 2. The van der Waals surface area contributed by atoms with Gasteiger partial charge in [-0.2, -0.15) is 0 Å². The number of aliphatic hydroxyl groups excluding tert-OH is 1. The molecule has 1 saturated heterocycles. The molecule has 1 atom stereocenters. The first-order valence-corrected chi connectivity index (χ1v) is 7.88. The molecule has 5 nitrogen and oxygen atoms in total. The summed E-state index contributed by atoms with van der Waals surface area (Å²) in [6.07, 6.45) is 0.870. The van der Waals surface area contributed by atoms with E-state index >= 15 is 0 Å². The van der Waals surface area contributed by atoms with Crippen LogP contribution in [0.3, 0.4) is 0 Å². The highest BCUT2D eigenvalue weighted by atomic mass is 32.2. The van der Waals surface area contributed by atoms with Crippen LogP contribution in [-0.2, 0) is 14.8 Å². The van der Waals surface area contributed by atoms with Gasteiger partial charge in [-0.05, 0) is 24.5 Å². The van der Waals surface area contributed by atoms with Gasteiger partial charge in [0.15, 0.2) is 0 Å². The molecule has 1 fully saturated rings. The zero-order valence-corrected chi connectivity index (χ0v) is 11.8. The predicted octanol–water partition coefficient (Wildman–Crippen LogP) is 0.345. The maximum Gasteiger partial charge on any atom is 0.241 e. The zero-order chi connectivity index (χ0) is 14.4. The molecule has 2 N–H and O–H groups in total. The van der Waals surface area contributed by atoms with Gasteiger partial charge in [0.1, 0.15) is 6.61 Å². The van der Waals surface area contributed by atoms with E-state index in [1.165, 1.54) is 6.07 Å². The second kappa shape index (κ2) is 6.86. The molecule has 1 aliphatic rings. The molecule has 0 spiro atoms. The van der Waals surface area contributed by atoms with Gasteiger partial charge in [-0.1, -0.05) is 24.0 Å². The van der Waals surface area contributed by atoms with Gasteiger partial charge in [0.2, 0.25) is 10.0 Å². The van der Waals surface area contributed by atoms with Crippen LogP contribution in [0.25, 0.3) is 0 Å². The van der Waals surface area contributed by atoms with Gasteiger partial charge in [0.25, 0.3) is 0 Å². The Kier molecular flexibility index (Phi) is 5.15. The number of aliphatic hydroxyl groups is 1. The molecule has 0 radical (unpaired) electrons. The van der Waals surface area contributed by atoms with Gasteiger partial charge in [0, 0.05) is 18.7 Å². The fourth-order valence-corrected chi connectivity index (χ4v) is 3.27. The molecule has 20 heavy (non-hydrogen) atoms. The second-order valence-electron chi connectivity index (χ2n) is 4.54. The molecule has 6 heteroatoms. The molecule has 2 rings (SSSR count). The van der Waals surface area contributed by atoms with Crippen LogP contribution in [0.4, 0.5) is 0 Å². The van der Waals surface area contributed by atoms with Crippen LogP contribution in [0.1, 0.15) is 12.0 Å². The number of rotatable bonds is 4. The van der Waals surface area contributed by atoms with Crippen molar-refractivity contribution in [2.45, 2.75) is 11.3 Å². The van der Waals surface area contributed by atoms with Gasteiger partial charge >= 0.3 is 0 Å². The van der Waals surface area contributed by atoms with Crippen molar-refractivity contribution in [1.29, 1.82) is 0 Å². The fourth-order valence-electron chi connectivity index (χ4n) is 1.99. The van der Waals surface area contributed by atoms with E-state index in [0.717, 1.165) is 6.42 Å². The third-order valence-electron chi connectivity index (χ3n) is 3.06. The van der Waals surface area contributed by atoms with Gasteiger partial charge < -0.3 is 9.84 Å². The number of ether oxygens (including phenoxy) is 1. The standard InChI is InChI=1S/C14H17NO4S/c16-8-3-5-13-4-1-2-6-14(13)20(17,18)15-10-12-7-9-19-11-12/h1-2,4,6,12,15-16H,7-11H2. The lowest BCUT2D eigenvalue weighted by molar-refractivity contribution is 0.186. The highest BCUT2D eigenvalue weighted by Crippen LogP contribution is 2.16. The Morgan fingerprint density at radius 1 is 1.40 bits per heavy atom. The van der Waals surface area contributed by atoms with Gasteiger partial charge in [0.05, 0.1) is 11.5 Å². The smallest absolute Gasteiger partial charge is 0.241 e. The third-order valence-corrected chi connectivity index (χ3v) is 4.55. The van der Waals surface area contributed by atoms with Crippen molar-refractivity contribution in [3.05, 3.63) is 29.8 Å². The maximum absolute atomic E-state index is 12.3. The molecular weight excluding hydrogens is 278 g/mol. The average molecular weight is 295 g/mol. The van der Waals surface area contributed by atoms with E-state index in [1.54, 1.807) is 18.2 Å². The van der Waals surface area contributed by atoms with Crippen LogP contribution >= 0.6 is 0 Å². The molecule has 1 aliphatic heterocycles. The minimum absolute atomic E-state index is 0.139. The first-order chi connectivity index (χ1) is 9.63. The van der Waals surface area contributed by atoms with E-state index in [-0.39, 0.29) is 17.4 Å². The first-order valence-electron chi connectivity index (χ1n) is 6.39. The summed E-state index contributed by atoms with van der Waals surface area (Å²) < 4.78 is 32.4. The van der Waals surface area contributed by atoms with Crippen molar-refractivity contribution in [2.24, 2.45) is 5.92 Å². The number of benzene rings is 1. The zero-order valence-electron chi connectivity index (χ0n) is 11.0. The molecule has 1 heterocycles. The van der Waals surface area contributed by atoms with Gasteiger partial charge in [-0.15, -0.1) is 0 Å². The third kappa shape index (κ3) is 3.81. The summed E-state index contributed by atoms with van der Waals surface area (Å²) in [5, 5.41) is 8.72. The van der Waals surface area contributed by atoms with E-state index in [0.29, 0.717) is 25.3 Å². The molecule has 1 aromatic rings. The van der Waals surface area contributed by atoms with E-state index < -0.39 is 10.0 Å². The van der Waals surface area contributed by atoms with E-state index in [1.807, 2.05) is 0 Å². The second-order valence-corrected chi connectivity index (χ2v) is 6.27. The topological polar surface area (TPSA) is 75.6 Å². The van der Waals surface area contributed by atoms with Crippen molar-refractivity contribution >= 4 is 10.0 Å². The molecule has 0 bridgehead atoms. The van der Waals surface area contributed by atoms with Crippen LogP contribution < -0.4 is 4.72 Å². The number of nitrogens with one attached hydrogen (secondary N) is 1. The maximum atomic E-state index is 12.3. The summed E-state index contributed by atoms with van der Waals surface area (Å²) in [6.45, 7) is 1.34. The van der Waals surface area contributed by atoms with Crippen molar-refractivity contribution in [1.82, 2.24) is 4.72 Å². The summed E-state index contributed by atoms with van der Waals surface area (Å²) in [6, 6.07) is 6.49. The average Bonchev–Trinajstić information content (AvgIpc) is 2.97.